The summed E-state index contributed by atoms with van der Waals surface area (Å²) in [5.41, 5.74) is 1.75. The molecule has 0 saturated heterocycles. The molecule has 1 aromatic heterocycles. The second-order valence-corrected chi connectivity index (χ2v) is 8.66. The molecule has 1 heterocycles. The summed E-state index contributed by atoms with van der Waals surface area (Å²) in [4.78, 5) is 41.8. The number of para-hydroxylation sites is 2. The second kappa shape index (κ2) is 10.2. The molecule has 0 aliphatic heterocycles. The quantitative estimate of drug-likeness (QED) is 0.371. The largest absolute Gasteiger partial charge is 0.416 e. The number of benzene rings is 3. The van der Waals surface area contributed by atoms with Gasteiger partial charge < -0.3 is 4.57 Å². The predicted molar refractivity (Wildman–Crippen MR) is 130 cm³/mol. The molecule has 0 radical (unpaired) electrons. The standard InChI is InChI=1S/C25H19F3N4O3S/c1-15-23(34)32(21-5-3-2-4-20(21)29-15)14-16-6-8-17(9-7-16)22(33)30-24(35)31-36-19-12-10-18(11-13-19)25(26,27)28/h2-13H,14H2,1H3,(H2,30,31,33,35). The van der Waals surface area contributed by atoms with Crippen LogP contribution >= 0.6 is 11.9 Å². The minimum absolute atomic E-state index is 0.210. The van der Waals surface area contributed by atoms with Gasteiger partial charge in [-0.25, -0.2) is 9.78 Å². The Morgan fingerprint density at radius 1 is 0.972 bits per heavy atom. The van der Waals surface area contributed by atoms with E-state index < -0.39 is 23.7 Å². The number of imide groups is 1. The molecule has 0 aliphatic rings. The van der Waals surface area contributed by atoms with Crippen LogP contribution in [0.5, 0.6) is 0 Å². The molecule has 4 rings (SSSR count). The third-order valence-electron chi connectivity index (χ3n) is 5.24. The summed E-state index contributed by atoms with van der Waals surface area (Å²) >= 11 is 0.773. The molecule has 0 saturated carbocycles. The molecular formula is C25H19F3N4O3S. The summed E-state index contributed by atoms with van der Waals surface area (Å²) in [5, 5.41) is 2.16. The molecule has 184 valence electrons. The van der Waals surface area contributed by atoms with Crippen molar-refractivity contribution in [1.29, 1.82) is 0 Å². The van der Waals surface area contributed by atoms with E-state index in [-0.39, 0.29) is 17.7 Å². The van der Waals surface area contributed by atoms with E-state index in [1.54, 1.807) is 23.6 Å². The van der Waals surface area contributed by atoms with Crippen molar-refractivity contribution in [3.8, 4) is 0 Å². The molecule has 0 spiro atoms. The Balaban J connectivity index is 1.37. The van der Waals surface area contributed by atoms with Crippen LogP contribution in [0.15, 0.2) is 82.5 Å². The molecule has 3 amide bonds. The number of amides is 3. The highest BCUT2D eigenvalue weighted by molar-refractivity contribution is 7.98. The zero-order valence-electron chi connectivity index (χ0n) is 18.8. The van der Waals surface area contributed by atoms with Crippen LogP contribution in [0, 0.1) is 6.92 Å². The first kappa shape index (κ1) is 25.0. The number of carbonyl (C=O) groups is 2. The third kappa shape index (κ3) is 5.74. The van der Waals surface area contributed by atoms with E-state index in [1.165, 1.54) is 24.3 Å². The van der Waals surface area contributed by atoms with Gasteiger partial charge in [0.2, 0.25) is 0 Å². The third-order valence-corrected chi connectivity index (χ3v) is 6.04. The Bertz CT molecular complexity index is 1480. The van der Waals surface area contributed by atoms with Gasteiger partial charge in [0.05, 0.1) is 23.1 Å². The average molecular weight is 513 g/mol. The molecule has 0 bridgehead atoms. The lowest BCUT2D eigenvalue weighted by molar-refractivity contribution is -0.137. The van der Waals surface area contributed by atoms with Gasteiger partial charge in [-0.3, -0.25) is 19.6 Å². The predicted octanol–water partition coefficient (Wildman–Crippen LogP) is 4.92. The summed E-state index contributed by atoms with van der Waals surface area (Å²) in [5.74, 6) is -0.658. The van der Waals surface area contributed by atoms with E-state index in [2.05, 4.69) is 15.0 Å². The summed E-state index contributed by atoms with van der Waals surface area (Å²) < 4.78 is 41.8. The van der Waals surface area contributed by atoms with Crippen LogP contribution in [0.2, 0.25) is 0 Å². The minimum Gasteiger partial charge on any atom is -0.301 e. The van der Waals surface area contributed by atoms with Gasteiger partial charge >= 0.3 is 12.2 Å². The Kier molecular flexibility index (Phi) is 7.11. The number of hydrogen-bond donors (Lipinski definition) is 2. The van der Waals surface area contributed by atoms with Crippen molar-refractivity contribution in [2.75, 3.05) is 0 Å². The van der Waals surface area contributed by atoms with Gasteiger partial charge in [0.15, 0.2) is 0 Å². The van der Waals surface area contributed by atoms with Gasteiger partial charge in [0, 0.05) is 10.5 Å². The summed E-state index contributed by atoms with van der Waals surface area (Å²) in [7, 11) is 0. The van der Waals surface area contributed by atoms with Crippen LogP contribution in [0.1, 0.15) is 27.2 Å². The number of rotatable bonds is 5. The molecule has 0 atom stereocenters. The average Bonchev–Trinajstić information content (AvgIpc) is 2.85. The van der Waals surface area contributed by atoms with Crippen molar-refractivity contribution in [3.63, 3.8) is 0 Å². The zero-order valence-corrected chi connectivity index (χ0v) is 19.6. The van der Waals surface area contributed by atoms with Crippen LogP contribution in [0.25, 0.3) is 11.0 Å². The lowest BCUT2D eigenvalue weighted by atomic mass is 10.1. The van der Waals surface area contributed by atoms with Gasteiger partial charge in [-0.1, -0.05) is 24.3 Å². The Morgan fingerprint density at radius 2 is 1.64 bits per heavy atom. The fourth-order valence-electron chi connectivity index (χ4n) is 3.44. The van der Waals surface area contributed by atoms with Gasteiger partial charge in [-0.15, -0.1) is 0 Å². The van der Waals surface area contributed by atoms with E-state index in [9.17, 15) is 27.6 Å². The molecular weight excluding hydrogens is 493 g/mol. The van der Waals surface area contributed by atoms with Crippen molar-refractivity contribution < 1.29 is 22.8 Å². The Hall–Kier alpha value is -4.12. The highest BCUT2D eigenvalue weighted by Crippen LogP contribution is 2.30. The van der Waals surface area contributed by atoms with Crippen molar-refractivity contribution >= 4 is 34.9 Å². The van der Waals surface area contributed by atoms with Gasteiger partial charge in [-0.05, 0) is 73.0 Å². The van der Waals surface area contributed by atoms with Crippen LogP contribution < -0.4 is 15.6 Å². The maximum atomic E-state index is 12.6. The van der Waals surface area contributed by atoms with E-state index in [1.807, 2.05) is 24.3 Å². The van der Waals surface area contributed by atoms with Crippen LogP contribution in [0.3, 0.4) is 0 Å². The number of aryl methyl sites for hydroxylation is 1. The normalized spacial score (nSPS) is 11.3. The highest BCUT2D eigenvalue weighted by atomic mass is 32.2. The lowest BCUT2D eigenvalue weighted by Gasteiger charge is -2.12. The van der Waals surface area contributed by atoms with Gasteiger partial charge in [0.1, 0.15) is 5.69 Å². The summed E-state index contributed by atoms with van der Waals surface area (Å²) in [6.07, 6.45) is -4.45. The van der Waals surface area contributed by atoms with E-state index in [0.717, 1.165) is 29.6 Å². The number of halogens is 3. The van der Waals surface area contributed by atoms with E-state index in [0.29, 0.717) is 21.6 Å². The molecule has 36 heavy (non-hydrogen) atoms. The molecule has 7 nitrogen and oxygen atoms in total. The summed E-state index contributed by atoms with van der Waals surface area (Å²) in [6, 6.07) is 17.1. The monoisotopic (exact) mass is 512 g/mol. The maximum Gasteiger partial charge on any atom is 0.416 e. The van der Waals surface area contributed by atoms with Crippen molar-refractivity contribution in [2.45, 2.75) is 24.5 Å². The minimum atomic E-state index is -4.45. The number of carbonyl (C=O) groups excluding carboxylic acids is 2. The second-order valence-electron chi connectivity index (χ2n) is 7.78. The van der Waals surface area contributed by atoms with Crippen molar-refractivity contribution in [2.24, 2.45) is 0 Å². The first-order valence-electron chi connectivity index (χ1n) is 10.6. The maximum absolute atomic E-state index is 12.6. The lowest BCUT2D eigenvalue weighted by Crippen LogP contribution is -2.36. The topological polar surface area (TPSA) is 93.1 Å². The highest BCUT2D eigenvalue weighted by Gasteiger charge is 2.30. The molecule has 0 unspecified atom stereocenters. The molecule has 0 fully saturated rings. The number of aromatic nitrogens is 2. The fraction of sp³-hybridized carbons (Fsp3) is 0.120. The molecule has 2 N–H and O–H groups in total. The first-order valence-corrected chi connectivity index (χ1v) is 11.4. The van der Waals surface area contributed by atoms with Crippen LogP contribution in [-0.4, -0.2) is 21.5 Å². The number of fused-ring (bicyclic) bond motifs is 1. The number of hydrogen-bond acceptors (Lipinski definition) is 5. The number of nitrogens with zero attached hydrogens (tertiary/aromatic N) is 2. The first-order chi connectivity index (χ1) is 17.1. The fourth-order valence-corrected chi connectivity index (χ4v) is 3.97. The number of urea groups is 1. The Morgan fingerprint density at radius 3 is 2.31 bits per heavy atom. The summed E-state index contributed by atoms with van der Waals surface area (Å²) in [6.45, 7) is 1.93. The SMILES string of the molecule is Cc1nc2ccccc2n(Cc2ccc(C(=O)NC(=O)NSc3ccc(C(F)(F)F)cc3)cc2)c1=O. The smallest absolute Gasteiger partial charge is 0.301 e. The van der Waals surface area contributed by atoms with E-state index in [4.69, 9.17) is 0 Å². The Labute approximate surface area is 207 Å². The van der Waals surface area contributed by atoms with Crippen molar-refractivity contribution in [1.82, 2.24) is 19.6 Å². The van der Waals surface area contributed by atoms with Gasteiger partial charge in [-0.2, -0.15) is 13.2 Å². The molecule has 11 heteroatoms. The van der Waals surface area contributed by atoms with E-state index >= 15 is 0 Å². The molecule has 3 aromatic carbocycles. The molecule has 4 aromatic rings. The van der Waals surface area contributed by atoms with Crippen LogP contribution in [-0.2, 0) is 12.7 Å². The number of nitrogens with one attached hydrogen (secondary N) is 2. The van der Waals surface area contributed by atoms with Crippen molar-refractivity contribution in [3.05, 3.63) is 106 Å². The van der Waals surface area contributed by atoms with Crippen LogP contribution in [0.4, 0.5) is 18.0 Å². The molecule has 0 aliphatic carbocycles. The number of alkyl halides is 3. The zero-order chi connectivity index (χ0) is 25.9. The van der Waals surface area contributed by atoms with Gasteiger partial charge in [0.25, 0.3) is 11.5 Å².